The summed E-state index contributed by atoms with van der Waals surface area (Å²) in [4.78, 5) is 27.1. The number of hydrogen-bond donors (Lipinski definition) is 1. The second kappa shape index (κ2) is 7.43. The Bertz CT molecular complexity index is 941. The first-order valence-corrected chi connectivity index (χ1v) is 9.44. The summed E-state index contributed by atoms with van der Waals surface area (Å²) in [6.45, 7) is 3.58. The summed E-state index contributed by atoms with van der Waals surface area (Å²) in [5.74, 6) is -0.766. The van der Waals surface area contributed by atoms with Crippen LogP contribution in [-0.2, 0) is 9.59 Å². The molecule has 0 aromatic heterocycles. The Balaban J connectivity index is 2.16. The smallest absolute Gasteiger partial charge is 0.278 e. The normalized spacial score (nSPS) is 14.6. The third-order valence-corrected chi connectivity index (χ3v) is 4.97. The van der Waals surface area contributed by atoms with Gasteiger partial charge in [-0.05, 0) is 44.2 Å². The Morgan fingerprint density at radius 2 is 1.77 bits per heavy atom. The highest BCUT2D eigenvalue weighted by Gasteiger charge is 2.41. The standard InChI is InChI=1S/C19H15BrCl2N2O2/c1-10(2)24-18(25)16(14-7-6-12(21)9-15(14)22)17(19(24)26)23-13-5-3-4-11(20)8-13/h3-10,23H,1-2H3. The maximum atomic E-state index is 13.0. The van der Waals surface area contributed by atoms with E-state index in [0.29, 0.717) is 21.3 Å². The monoisotopic (exact) mass is 452 g/mol. The number of nitrogens with zero attached hydrogens (tertiary/aromatic N) is 1. The summed E-state index contributed by atoms with van der Waals surface area (Å²) in [5.41, 5.74) is 1.59. The van der Waals surface area contributed by atoms with Gasteiger partial charge in [-0.3, -0.25) is 14.5 Å². The Hall–Kier alpha value is -1.82. The van der Waals surface area contributed by atoms with Gasteiger partial charge in [0, 0.05) is 26.8 Å². The fraction of sp³-hybridized carbons (Fsp3) is 0.158. The Kier molecular flexibility index (Phi) is 5.42. The molecule has 3 rings (SSSR count). The zero-order valence-corrected chi connectivity index (χ0v) is 17.1. The van der Waals surface area contributed by atoms with E-state index < -0.39 is 0 Å². The molecule has 4 nitrogen and oxygen atoms in total. The van der Waals surface area contributed by atoms with Crippen molar-refractivity contribution in [3.63, 3.8) is 0 Å². The molecule has 134 valence electrons. The zero-order chi connectivity index (χ0) is 19.0. The molecule has 0 bridgehead atoms. The fourth-order valence-electron chi connectivity index (χ4n) is 2.78. The van der Waals surface area contributed by atoms with E-state index in [2.05, 4.69) is 21.2 Å². The highest BCUT2D eigenvalue weighted by Crippen LogP contribution is 2.36. The first kappa shape index (κ1) is 19.0. The van der Waals surface area contributed by atoms with Crippen molar-refractivity contribution in [2.24, 2.45) is 0 Å². The second-order valence-electron chi connectivity index (χ2n) is 6.08. The van der Waals surface area contributed by atoms with E-state index in [0.717, 1.165) is 4.47 Å². The van der Waals surface area contributed by atoms with Gasteiger partial charge in [-0.2, -0.15) is 0 Å². The van der Waals surface area contributed by atoms with E-state index in [1.54, 1.807) is 32.0 Å². The summed E-state index contributed by atoms with van der Waals surface area (Å²) in [5, 5.41) is 3.85. The quantitative estimate of drug-likeness (QED) is 0.634. The van der Waals surface area contributed by atoms with Gasteiger partial charge in [-0.15, -0.1) is 0 Å². The number of carbonyl (C=O) groups excluding carboxylic acids is 2. The van der Waals surface area contributed by atoms with Crippen LogP contribution in [0.5, 0.6) is 0 Å². The average Bonchev–Trinajstić information content (AvgIpc) is 2.79. The van der Waals surface area contributed by atoms with Crippen molar-refractivity contribution in [1.82, 2.24) is 4.90 Å². The van der Waals surface area contributed by atoms with Gasteiger partial charge in [0.25, 0.3) is 11.8 Å². The van der Waals surface area contributed by atoms with Crippen LogP contribution in [0, 0.1) is 0 Å². The van der Waals surface area contributed by atoms with Crippen LogP contribution in [-0.4, -0.2) is 22.8 Å². The van der Waals surface area contributed by atoms with Gasteiger partial charge in [-0.25, -0.2) is 0 Å². The summed E-state index contributed by atoms with van der Waals surface area (Å²) in [6.07, 6.45) is 0. The Labute approximate surface area is 169 Å². The first-order valence-electron chi connectivity index (χ1n) is 7.89. The maximum absolute atomic E-state index is 13.0. The Morgan fingerprint density at radius 3 is 2.38 bits per heavy atom. The molecule has 0 saturated carbocycles. The molecule has 1 heterocycles. The van der Waals surface area contributed by atoms with Crippen molar-refractivity contribution < 1.29 is 9.59 Å². The summed E-state index contributed by atoms with van der Waals surface area (Å²) in [7, 11) is 0. The number of anilines is 1. The third-order valence-electron chi connectivity index (χ3n) is 3.93. The van der Waals surface area contributed by atoms with E-state index in [4.69, 9.17) is 23.2 Å². The van der Waals surface area contributed by atoms with Crippen LogP contribution in [0.1, 0.15) is 19.4 Å². The molecule has 7 heteroatoms. The number of hydrogen-bond acceptors (Lipinski definition) is 3. The Morgan fingerprint density at radius 1 is 1.04 bits per heavy atom. The molecule has 0 saturated heterocycles. The molecular formula is C19H15BrCl2N2O2. The van der Waals surface area contributed by atoms with E-state index in [9.17, 15) is 9.59 Å². The minimum absolute atomic E-state index is 0.200. The molecule has 0 spiro atoms. The van der Waals surface area contributed by atoms with E-state index >= 15 is 0 Å². The van der Waals surface area contributed by atoms with Gasteiger partial charge in [0.1, 0.15) is 5.70 Å². The van der Waals surface area contributed by atoms with Gasteiger partial charge < -0.3 is 5.32 Å². The molecule has 1 N–H and O–H groups in total. The molecule has 0 aliphatic carbocycles. The van der Waals surface area contributed by atoms with Crippen LogP contribution in [0.25, 0.3) is 5.57 Å². The van der Waals surface area contributed by atoms with Crippen molar-refractivity contribution in [3.05, 3.63) is 68.2 Å². The predicted molar refractivity (Wildman–Crippen MR) is 108 cm³/mol. The van der Waals surface area contributed by atoms with Crippen LogP contribution in [0.3, 0.4) is 0 Å². The van der Waals surface area contributed by atoms with Crippen molar-refractivity contribution in [2.75, 3.05) is 5.32 Å². The van der Waals surface area contributed by atoms with Crippen LogP contribution in [0.2, 0.25) is 10.0 Å². The topological polar surface area (TPSA) is 49.4 Å². The number of imide groups is 1. The predicted octanol–water partition coefficient (Wildman–Crippen LogP) is 5.36. The highest BCUT2D eigenvalue weighted by atomic mass is 79.9. The maximum Gasteiger partial charge on any atom is 0.278 e. The van der Waals surface area contributed by atoms with Crippen molar-refractivity contribution in [2.45, 2.75) is 19.9 Å². The summed E-state index contributed by atoms with van der Waals surface area (Å²) in [6, 6.07) is 11.9. The van der Waals surface area contributed by atoms with Crippen molar-refractivity contribution in [1.29, 1.82) is 0 Å². The van der Waals surface area contributed by atoms with Crippen molar-refractivity contribution >= 4 is 62.2 Å². The molecule has 2 aromatic rings. The van der Waals surface area contributed by atoms with E-state index in [1.165, 1.54) is 4.90 Å². The second-order valence-corrected chi connectivity index (χ2v) is 7.84. The number of nitrogens with one attached hydrogen (secondary N) is 1. The number of benzene rings is 2. The number of carbonyl (C=O) groups is 2. The lowest BCUT2D eigenvalue weighted by atomic mass is 10.0. The minimum Gasteiger partial charge on any atom is -0.350 e. The fourth-order valence-corrected chi connectivity index (χ4v) is 3.69. The first-order chi connectivity index (χ1) is 12.3. The van der Waals surface area contributed by atoms with Crippen LogP contribution < -0.4 is 5.32 Å². The van der Waals surface area contributed by atoms with Crippen LogP contribution in [0.4, 0.5) is 5.69 Å². The largest absolute Gasteiger partial charge is 0.350 e. The average molecular weight is 454 g/mol. The molecule has 0 unspecified atom stereocenters. The molecule has 2 amide bonds. The number of rotatable bonds is 4. The molecule has 0 atom stereocenters. The third kappa shape index (κ3) is 3.52. The molecular weight excluding hydrogens is 439 g/mol. The SMILES string of the molecule is CC(C)N1C(=O)C(Nc2cccc(Br)c2)=C(c2ccc(Cl)cc2Cl)C1=O. The van der Waals surface area contributed by atoms with Gasteiger partial charge >= 0.3 is 0 Å². The van der Waals surface area contributed by atoms with Crippen LogP contribution in [0.15, 0.2) is 52.6 Å². The number of halogens is 3. The zero-order valence-electron chi connectivity index (χ0n) is 14.0. The molecule has 26 heavy (non-hydrogen) atoms. The molecule has 1 aliphatic rings. The van der Waals surface area contributed by atoms with Gasteiger partial charge in [0.05, 0.1) is 10.6 Å². The van der Waals surface area contributed by atoms with Gasteiger partial charge in [-0.1, -0.05) is 51.3 Å². The summed E-state index contributed by atoms with van der Waals surface area (Å²) < 4.78 is 0.853. The lowest BCUT2D eigenvalue weighted by molar-refractivity contribution is -0.138. The van der Waals surface area contributed by atoms with Crippen LogP contribution >= 0.6 is 39.1 Å². The van der Waals surface area contributed by atoms with Gasteiger partial charge in [0.2, 0.25) is 0 Å². The molecule has 2 aromatic carbocycles. The molecule has 0 fully saturated rings. The summed E-state index contributed by atoms with van der Waals surface area (Å²) >= 11 is 15.7. The molecule has 1 aliphatic heterocycles. The van der Waals surface area contributed by atoms with E-state index in [-0.39, 0.29) is 29.1 Å². The van der Waals surface area contributed by atoms with Crippen molar-refractivity contribution in [3.8, 4) is 0 Å². The lowest BCUT2D eigenvalue weighted by Crippen LogP contribution is -2.38. The highest BCUT2D eigenvalue weighted by molar-refractivity contribution is 9.10. The minimum atomic E-state index is -0.383. The number of amides is 2. The van der Waals surface area contributed by atoms with Gasteiger partial charge in [0.15, 0.2) is 0 Å². The lowest BCUT2D eigenvalue weighted by Gasteiger charge is -2.19. The van der Waals surface area contributed by atoms with E-state index in [1.807, 2.05) is 24.3 Å². The molecule has 0 radical (unpaired) electrons.